The van der Waals surface area contributed by atoms with Gasteiger partial charge in [-0.25, -0.2) is 0 Å². The Morgan fingerprint density at radius 1 is 1.46 bits per heavy atom. The highest BCUT2D eigenvalue weighted by atomic mass is 79.9. The van der Waals surface area contributed by atoms with Gasteiger partial charge in [0.25, 0.3) is 0 Å². The Hall–Kier alpha value is 0.140. The third-order valence-corrected chi connectivity index (χ3v) is 4.30. The van der Waals surface area contributed by atoms with Crippen molar-refractivity contribution in [2.75, 3.05) is 0 Å². The van der Waals surface area contributed by atoms with Crippen molar-refractivity contribution in [2.24, 2.45) is 5.73 Å². The van der Waals surface area contributed by atoms with Crippen molar-refractivity contribution in [3.8, 4) is 0 Å². The fourth-order valence-electron chi connectivity index (χ4n) is 1.51. The molecule has 0 spiro atoms. The lowest BCUT2D eigenvalue weighted by atomic mass is 10.1. The van der Waals surface area contributed by atoms with Crippen LogP contribution in [0.3, 0.4) is 0 Å². The summed E-state index contributed by atoms with van der Waals surface area (Å²) in [4.78, 5) is 1.47. The van der Waals surface area contributed by atoms with Crippen LogP contribution in [0.4, 0.5) is 0 Å². The quantitative estimate of drug-likeness (QED) is 0.882. The molecule has 3 heteroatoms. The van der Waals surface area contributed by atoms with Gasteiger partial charge in [0.2, 0.25) is 0 Å². The van der Waals surface area contributed by atoms with Gasteiger partial charge in [-0.1, -0.05) is 0 Å². The number of hydrogen-bond donors (Lipinski definition) is 1. The molecule has 1 aromatic heterocycles. The molecule has 1 fully saturated rings. The van der Waals surface area contributed by atoms with Gasteiger partial charge < -0.3 is 5.73 Å². The normalized spacial score (nSPS) is 18.9. The van der Waals surface area contributed by atoms with Gasteiger partial charge in [-0.2, -0.15) is 0 Å². The van der Waals surface area contributed by atoms with E-state index in [1.165, 1.54) is 40.8 Å². The number of thiophene rings is 1. The second-order valence-electron chi connectivity index (χ2n) is 3.92. The molecule has 0 unspecified atom stereocenters. The van der Waals surface area contributed by atoms with Crippen LogP contribution in [-0.2, 0) is 6.42 Å². The fourth-order valence-corrected chi connectivity index (χ4v) is 3.04. The molecule has 0 aromatic carbocycles. The number of hydrogen-bond acceptors (Lipinski definition) is 2. The van der Waals surface area contributed by atoms with Crippen LogP contribution in [0.2, 0.25) is 0 Å². The van der Waals surface area contributed by atoms with E-state index in [-0.39, 0.29) is 5.54 Å². The van der Waals surface area contributed by atoms with E-state index >= 15 is 0 Å². The van der Waals surface area contributed by atoms with Crippen LogP contribution in [0.5, 0.6) is 0 Å². The molecule has 1 aromatic rings. The average molecular weight is 260 g/mol. The minimum Gasteiger partial charge on any atom is -0.325 e. The van der Waals surface area contributed by atoms with E-state index in [4.69, 9.17) is 5.73 Å². The van der Waals surface area contributed by atoms with Gasteiger partial charge >= 0.3 is 0 Å². The number of nitrogens with two attached hydrogens (primary N) is 1. The van der Waals surface area contributed by atoms with Crippen LogP contribution >= 0.6 is 27.3 Å². The molecule has 0 atom stereocenters. The Balaban J connectivity index is 1.73. The Bertz CT molecular complexity index is 291. The smallest absolute Gasteiger partial charge is 0.0701 e. The van der Waals surface area contributed by atoms with Gasteiger partial charge in [0, 0.05) is 10.4 Å². The fraction of sp³-hybridized carbons (Fsp3) is 0.600. The molecule has 0 radical (unpaired) electrons. The van der Waals surface area contributed by atoms with E-state index in [1.807, 2.05) is 11.3 Å². The Kier molecular flexibility index (Phi) is 2.77. The lowest BCUT2D eigenvalue weighted by molar-refractivity contribution is 0.578. The molecular formula is C10H14BrNS. The first kappa shape index (κ1) is 9.69. The van der Waals surface area contributed by atoms with E-state index in [0.29, 0.717) is 0 Å². The summed E-state index contributed by atoms with van der Waals surface area (Å²) in [6, 6.07) is 4.32. The van der Waals surface area contributed by atoms with E-state index in [0.717, 1.165) is 0 Å². The predicted octanol–water partition coefficient (Wildman–Crippen LogP) is 3.32. The summed E-state index contributed by atoms with van der Waals surface area (Å²) >= 11 is 5.30. The molecular weight excluding hydrogens is 246 g/mol. The van der Waals surface area contributed by atoms with Gasteiger partial charge in [-0.3, -0.25) is 0 Å². The number of halogens is 1. The molecule has 1 aliphatic rings. The van der Waals surface area contributed by atoms with Crippen LogP contribution in [0.25, 0.3) is 0 Å². The summed E-state index contributed by atoms with van der Waals surface area (Å²) in [6.45, 7) is 0. The van der Waals surface area contributed by atoms with Crippen molar-refractivity contribution < 1.29 is 0 Å². The van der Waals surface area contributed by atoms with Crippen molar-refractivity contribution in [1.29, 1.82) is 0 Å². The monoisotopic (exact) mass is 259 g/mol. The molecule has 0 saturated heterocycles. The second-order valence-corrected chi connectivity index (χ2v) is 6.47. The van der Waals surface area contributed by atoms with Crippen molar-refractivity contribution >= 4 is 27.3 Å². The third-order valence-electron chi connectivity index (χ3n) is 2.62. The van der Waals surface area contributed by atoms with E-state index < -0.39 is 0 Å². The summed E-state index contributed by atoms with van der Waals surface area (Å²) in [6.07, 6.45) is 6.10. The SMILES string of the molecule is NC1(CCCc2ccc(Br)s2)CC1. The molecule has 72 valence electrons. The summed E-state index contributed by atoms with van der Waals surface area (Å²) in [5, 5.41) is 0. The zero-order valence-corrected chi connectivity index (χ0v) is 9.96. The molecule has 1 heterocycles. The molecule has 1 nitrogen and oxygen atoms in total. The first-order valence-corrected chi connectivity index (χ1v) is 6.32. The summed E-state index contributed by atoms with van der Waals surface area (Å²) in [5.41, 5.74) is 6.24. The summed E-state index contributed by atoms with van der Waals surface area (Å²) in [5.74, 6) is 0. The number of rotatable bonds is 4. The summed E-state index contributed by atoms with van der Waals surface area (Å²) in [7, 11) is 0. The molecule has 2 rings (SSSR count). The molecule has 0 amide bonds. The van der Waals surface area contributed by atoms with Gasteiger partial charge in [0.15, 0.2) is 0 Å². The van der Waals surface area contributed by atoms with Crippen LogP contribution in [-0.4, -0.2) is 5.54 Å². The molecule has 1 saturated carbocycles. The largest absolute Gasteiger partial charge is 0.325 e. The van der Waals surface area contributed by atoms with E-state index in [9.17, 15) is 0 Å². The van der Waals surface area contributed by atoms with Gasteiger partial charge in [-0.15, -0.1) is 11.3 Å². The van der Waals surface area contributed by atoms with E-state index in [2.05, 4.69) is 28.1 Å². The minimum atomic E-state index is 0.231. The van der Waals surface area contributed by atoms with Crippen molar-refractivity contribution in [3.63, 3.8) is 0 Å². The molecule has 0 bridgehead atoms. The predicted molar refractivity (Wildman–Crippen MR) is 61.1 cm³/mol. The van der Waals surface area contributed by atoms with Crippen LogP contribution in [0.1, 0.15) is 30.6 Å². The summed E-state index contributed by atoms with van der Waals surface area (Å²) < 4.78 is 1.23. The van der Waals surface area contributed by atoms with Crippen LogP contribution < -0.4 is 5.73 Å². The van der Waals surface area contributed by atoms with Crippen molar-refractivity contribution in [2.45, 2.75) is 37.6 Å². The van der Waals surface area contributed by atoms with Gasteiger partial charge in [0.05, 0.1) is 3.79 Å². The van der Waals surface area contributed by atoms with Gasteiger partial charge in [0.1, 0.15) is 0 Å². The lowest BCUT2D eigenvalue weighted by Crippen LogP contribution is -2.21. The maximum absolute atomic E-state index is 6.01. The zero-order chi connectivity index (χ0) is 9.31. The van der Waals surface area contributed by atoms with Gasteiger partial charge in [-0.05, 0) is 60.2 Å². The Morgan fingerprint density at radius 2 is 2.23 bits per heavy atom. The molecule has 1 aliphatic carbocycles. The topological polar surface area (TPSA) is 26.0 Å². The highest BCUT2D eigenvalue weighted by molar-refractivity contribution is 9.11. The minimum absolute atomic E-state index is 0.231. The highest BCUT2D eigenvalue weighted by Gasteiger charge is 2.36. The molecule has 13 heavy (non-hydrogen) atoms. The standard InChI is InChI=1S/C10H14BrNS/c11-9-4-3-8(13-9)2-1-5-10(12)6-7-10/h3-4H,1-2,5-7,12H2. The lowest BCUT2D eigenvalue weighted by Gasteiger charge is -2.06. The van der Waals surface area contributed by atoms with E-state index in [1.54, 1.807) is 0 Å². The second kappa shape index (κ2) is 3.71. The van der Waals surface area contributed by atoms with Crippen LogP contribution in [0.15, 0.2) is 15.9 Å². The maximum atomic E-state index is 6.01. The third kappa shape index (κ3) is 2.79. The Labute approximate surface area is 91.5 Å². The zero-order valence-electron chi connectivity index (χ0n) is 7.55. The number of aryl methyl sites for hydroxylation is 1. The highest BCUT2D eigenvalue weighted by Crippen LogP contribution is 2.37. The first-order valence-electron chi connectivity index (χ1n) is 4.71. The maximum Gasteiger partial charge on any atom is 0.0701 e. The Morgan fingerprint density at radius 3 is 2.77 bits per heavy atom. The van der Waals surface area contributed by atoms with Crippen molar-refractivity contribution in [3.05, 3.63) is 20.8 Å². The van der Waals surface area contributed by atoms with Crippen LogP contribution in [0, 0.1) is 0 Å². The van der Waals surface area contributed by atoms with Crippen molar-refractivity contribution in [1.82, 2.24) is 0 Å². The average Bonchev–Trinajstić information content (AvgIpc) is 2.65. The molecule has 0 aliphatic heterocycles. The molecule has 2 N–H and O–H groups in total. The first-order chi connectivity index (χ1) is 6.18.